The van der Waals surface area contributed by atoms with E-state index in [0.29, 0.717) is 22.6 Å². The number of nitrogens with one attached hydrogen (secondary N) is 1. The van der Waals surface area contributed by atoms with E-state index in [0.717, 1.165) is 12.8 Å². The first kappa shape index (κ1) is 26.7. The van der Waals surface area contributed by atoms with Gasteiger partial charge in [0.05, 0.1) is 18.9 Å². The standard InChI is InChI=1S/C28H26F4N2O5/c1-36-23-11-16(5-10-22(23)39-18-8-9-18)27(35)33-13-24(37-2)21-12-19-20(28(30,31)32)14-38-26(19)25(34-21)15-3-6-17(29)7-4-15/h3-7,10-12,18,20,24H,8-9,13-14H2,1-2H3,(H,33,35)/t20-,24?/m1/s1. The van der Waals surface area contributed by atoms with Crippen LogP contribution in [0.2, 0.25) is 0 Å². The highest BCUT2D eigenvalue weighted by molar-refractivity contribution is 5.94. The van der Waals surface area contributed by atoms with Crippen molar-refractivity contribution in [2.24, 2.45) is 0 Å². The zero-order valence-corrected chi connectivity index (χ0v) is 21.2. The molecule has 0 spiro atoms. The molecule has 1 aliphatic heterocycles. The molecule has 1 unspecified atom stereocenters. The molecule has 7 nitrogen and oxygen atoms in total. The number of carbonyl (C=O) groups excluding carboxylic acids is 1. The molecule has 206 valence electrons. The third-order valence-electron chi connectivity index (χ3n) is 6.61. The summed E-state index contributed by atoms with van der Waals surface area (Å²) < 4.78 is 77.0. The van der Waals surface area contributed by atoms with Crippen molar-refractivity contribution >= 4 is 5.91 Å². The number of aromatic nitrogens is 1. The van der Waals surface area contributed by atoms with Gasteiger partial charge in [0.1, 0.15) is 35.9 Å². The number of amides is 1. The van der Waals surface area contributed by atoms with E-state index < -0.39 is 36.5 Å². The average molecular weight is 547 g/mol. The lowest BCUT2D eigenvalue weighted by Crippen LogP contribution is -2.29. The van der Waals surface area contributed by atoms with Gasteiger partial charge in [-0.1, -0.05) is 0 Å². The Hall–Kier alpha value is -3.86. The zero-order chi connectivity index (χ0) is 27.7. The summed E-state index contributed by atoms with van der Waals surface area (Å²) in [5, 5.41) is 2.74. The highest BCUT2D eigenvalue weighted by atomic mass is 19.4. The summed E-state index contributed by atoms with van der Waals surface area (Å²) in [7, 11) is 2.85. The van der Waals surface area contributed by atoms with Gasteiger partial charge in [0, 0.05) is 30.3 Å². The Balaban J connectivity index is 1.40. The topological polar surface area (TPSA) is 78.9 Å². The third kappa shape index (κ3) is 5.78. The Bertz CT molecular complexity index is 1360. The fraction of sp³-hybridized carbons (Fsp3) is 0.357. The molecule has 1 aromatic heterocycles. The van der Waals surface area contributed by atoms with Gasteiger partial charge in [-0.25, -0.2) is 9.37 Å². The SMILES string of the molecule is COc1cc(C(=O)NCC(OC)c2cc3c(c(-c4ccc(F)cc4)n2)OC[C@H]3C(F)(F)F)ccc1OC1CC1. The third-order valence-corrected chi connectivity index (χ3v) is 6.61. The van der Waals surface area contributed by atoms with Crippen LogP contribution in [0.1, 0.15) is 46.5 Å². The van der Waals surface area contributed by atoms with Crippen molar-refractivity contribution in [3.05, 3.63) is 71.2 Å². The Morgan fingerprint density at radius 3 is 2.49 bits per heavy atom. The van der Waals surface area contributed by atoms with Gasteiger partial charge in [-0.15, -0.1) is 0 Å². The maximum absolute atomic E-state index is 13.8. The molecule has 1 fully saturated rings. The summed E-state index contributed by atoms with van der Waals surface area (Å²) >= 11 is 0. The molecule has 1 N–H and O–H groups in total. The summed E-state index contributed by atoms with van der Waals surface area (Å²) in [6, 6.07) is 11.3. The number of ether oxygens (including phenoxy) is 4. The molecule has 0 radical (unpaired) electrons. The van der Waals surface area contributed by atoms with Crippen molar-refractivity contribution in [1.82, 2.24) is 10.3 Å². The molecule has 11 heteroatoms. The largest absolute Gasteiger partial charge is 0.493 e. The summed E-state index contributed by atoms with van der Waals surface area (Å²) in [5.41, 5.74) is 0.914. The number of halogens is 4. The Morgan fingerprint density at radius 1 is 1.10 bits per heavy atom. The highest BCUT2D eigenvalue weighted by Gasteiger charge is 2.47. The molecule has 0 bridgehead atoms. The quantitative estimate of drug-likeness (QED) is 0.353. The molecule has 3 aromatic rings. The number of hydrogen-bond acceptors (Lipinski definition) is 6. The van der Waals surface area contributed by atoms with Crippen molar-refractivity contribution in [3.8, 4) is 28.5 Å². The number of carbonyl (C=O) groups is 1. The van der Waals surface area contributed by atoms with E-state index >= 15 is 0 Å². The number of pyridine rings is 1. The molecular formula is C28H26F4N2O5. The molecule has 5 rings (SSSR count). The molecule has 2 atom stereocenters. The van der Waals surface area contributed by atoms with Gasteiger partial charge in [-0.05, 0) is 61.4 Å². The lowest BCUT2D eigenvalue weighted by atomic mass is 9.97. The minimum absolute atomic E-state index is 0.00725. The first-order chi connectivity index (χ1) is 18.7. The second-order valence-electron chi connectivity index (χ2n) is 9.34. The number of hydrogen-bond donors (Lipinski definition) is 1. The Morgan fingerprint density at radius 2 is 1.85 bits per heavy atom. The van der Waals surface area contributed by atoms with Crippen molar-refractivity contribution in [1.29, 1.82) is 0 Å². The number of alkyl halides is 3. The van der Waals surface area contributed by atoms with E-state index in [1.54, 1.807) is 18.2 Å². The van der Waals surface area contributed by atoms with E-state index in [1.807, 2.05) is 0 Å². The van der Waals surface area contributed by atoms with E-state index in [4.69, 9.17) is 18.9 Å². The van der Waals surface area contributed by atoms with E-state index in [-0.39, 0.29) is 35.3 Å². The molecule has 39 heavy (non-hydrogen) atoms. The zero-order valence-electron chi connectivity index (χ0n) is 21.2. The van der Waals surface area contributed by atoms with E-state index in [1.165, 1.54) is 44.6 Å². The fourth-order valence-electron chi connectivity index (χ4n) is 4.35. The minimum atomic E-state index is -4.55. The van der Waals surface area contributed by atoms with Crippen LogP contribution in [0.3, 0.4) is 0 Å². The number of rotatable bonds is 9. The molecule has 2 aromatic carbocycles. The van der Waals surface area contributed by atoms with Gasteiger partial charge in [0.25, 0.3) is 5.91 Å². The van der Waals surface area contributed by atoms with Crippen molar-refractivity contribution < 1.29 is 41.3 Å². The molecule has 0 saturated heterocycles. The van der Waals surface area contributed by atoms with E-state index in [2.05, 4.69) is 10.3 Å². The number of fused-ring (bicyclic) bond motifs is 1. The average Bonchev–Trinajstić information content (AvgIpc) is 3.62. The molecule has 1 aliphatic carbocycles. The van der Waals surface area contributed by atoms with Crippen LogP contribution in [0, 0.1) is 5.82 Å². The van der Waals surface area contributed by atoms with Crippen LogP contribution in [0.25, 0.3) is 11.3 Å². The van der Waals surface area contributed by atoms with Crippen LogP contribution < -0.4 is 19.5 Å². The first-order valence-electron chi connectivity index (χ1n) is 12.3. The van der Waals surface area contributed by atoms with Crippen LogP contribution in [0.5, 0.6) is 17.2 Å². The number of nitrogens with zero attached hydrogens (tertiary/aromatic N) is 1. The smallest absolute Gasteiger partial charge is 0.399 e. The second-order valence-corrected chi connectivity index (χ2v) is 9.34. The molecular weight excluding hydrogens is 520 g/mol. The molecule has 1 amide bonds. The maximum Gasteiger partial charge on any atom is 0.399 e. The normalized spacial score (nSPS) is 17.2. The lowest BCUT2D eigenvalue weighted by Gasteiger charge is -2.20. The van der Waals surface area contributed by atoms with Gasteiger partial charge in [-0.2, -0.15) is 13.2 Å². The highest BCUT2D eigenvalue weighted by Crippen LogP contribution is 2.48. The van der Waals surface area contributed by atoms with Crippen LogP contribution in [-0.4, -0.2) is 50.5 Å². The number of methoxy groups -OCH3 is 2. The van der Waals surface area contributed by atoms with Gasteiger partial charge in [0.2, 0.25) is 0 Å². The lowest BCUT2D eigenvalue weighted by molar-refractivity contribution is -0.151. The van der Waals surface area contributed by atoms with Crippen molar-refractivity contribution in [3.63, 3.8) is 0 Å². The van der Waals surface area contributed by atoms with Gasteiger partial charge in [0.15, 0.2) is 11.5 Å². The summed E-state index contributed by atoms with van der Waals surface area (Å²) in [5.74, 6) is -1.84. The predicted molar refractivity (Wildman–Crippen MR) is 133 cm³/mol. The summed E-state index contributed by atoms with van der Waals surface area (Å²) in [6.45, 7) is -0.668. The molecule has 2 aliphatic rings. The van der Waals surface area contributed by atoms with Crippen molar-refractivity contribution in [2.75, 3.05) is 27.4 Å². The Kier molecular flexibility index (Phi) is 7.35. The minimum Gasteiger partial charge on any atom is -0.493 e. The monoisotopic (exact) mass is 546 g/mol. The first-order valence-corrected chi connectivity index (χ1v) is 12.3. The number of benzene rings is 2. The maximum atomic E-state index is 13.8. The van der Waals surface area contributed by atoms with Crippen LogP contribution in [-0.2, 0) is 4.74 Å². The van der Waals surface area contributed by atoms with Crippen LogP contribution in [0.4, 0.5) is 17.6 Å². The van der Waals surface area contributed by atoms with Gasteiger partial charge >= 0.3 is 6.18 Å². The van der Waals surface area contributed by atoms with Crippen molar-refractivity contribution in [2.45, 2.75) is 37.1 Å². The Labute approximate surface area is 222 Å². The molecule has 1 saturated carbocycles. The van der Waals surface area contributed by atoms with E-state index in [9.17, 15) is 22.4 Å². The van der Waals surface area contributed by atoms with Gasteiger partial charge in [-0.3, -0.25) is 4.79 Å². The summed E-state index contributed by atoms with van der Waals surface area (Å²) in [6.07, 6.45) is -3.33. The second kappa shape index (κ2) is 10.7. The fourth-order valence-corrected chi connectivity index (χ4v) is 4.35. The van der Waals surface area contributed by atoms with Crippen LogP contribution >= 0.6 is 0 Å². The molecule has 2 heterocycles. The van der Waals surface area contributed by atoms with Gasteiger partial charge < -0.3 is 24.3 Å². The predicted octanol–water partition coefficient (Wildman–Crippen LogP) is 5.59. The van der Waals surface area contributed by atoms with Crippen LogP contribution in [0.15, 0.2) is 48.5 Å². The summed E-state index contributed by atoms with van der Waals surface area (Å²) in [4.78, 5) is 17.4.